The van der Waals surface area contributed by atoms with Crippen molar-refractivity contribution >= 4 is 17.5 Å². The van der Waals surface area contributed by atoms with Crippen molar-refractivity contribution < 1.29 is 9.90 Å². The number of halogens is 1. The van der Waals surface area contributed by atoms with Crippen LogP contribution in [0.3, 0.4) is 0 Å². The molecule has 2 aromatic rings. The van der Waals surface area contributed by atoms with Crippen molar-refractivity contribution in [2.45, 2.75) is 24.4 Å². The quantitative estimate of drug-likeness (QED) is 0.890. The van der Waals surface area contributed by atoms with Crippen LogP contribution in [-0.4, -0.2) is 17.6 Å². The highest BCUT2D eigenvalue weighted by molar-refractivity contribution is 6.30. The lowest BCUT2D eigenvalue weighted by Crippen LogP contribution is -2.37. The Balaban J connectivity index is 1.64. The van der Waals surface area contributed by atoms with Gasteiger partial charge in [0.2, 0.25) is 5.91 Å². The number of benzene rings is 2. The van der Waals surface area contributed by atoms with E-state index in [4.69, 9.17) is 11.6 Å². The number of carbonyl (C=O) groups is 1. The van der Waals surface area contributed by atoms with Gasteiger partial charge in [0.05, 0.1) is 11.5 Å². The van der Waals surface area contributed by atoms with Crippen LogP contribution < -0.4 is 5.32 Å². The Labute approximate surface area is 134 Å². The van der Waals surface area contributed by atoms with Gasteiger partial charge in [-0.15, -0.1) is 0 Å². The van der Waals surface area contributed by atoms with E-state index in [0.717, 1.165) is 24.0 Å². The summed E-state index contributed by atoms with van der Waals surface area (Å²) in [5, 5.41) is 13.7. The van der Waals surface area contributed by atoms with E-state index in [2.05, 4.69) is 5.32 Å². The van der Waals surface area contributed by atoms with E-state index < -0.39 is 11.5 Å². The van der Waals surface area contributed by atoms with E-state index in [-0.39, 0.29) is 12.5 Å². The highest BCUT2D eigenvalue weighted by Gasteiger charge is 2.51. The van der Waals surface area contributed by atoms with Crippen LogP contribution in [0.2, 0.25) is 5.02 Å². The molecule has 22 heavy (non-hydrogen) atoms. The lowest BCUT2D eigenvalue weighted by molar-refractivity contribution is -0.124. The van der Waals surface area contributed by atoms with Crippen molar-refractivity contribution in [3.63, 3.8) is 0 Å². The SMILES string of the molecule is O=C(NC[C@@H](O)c1ccccc1)C1(c2ccc(Cl)cc2)CC1. The molecule has 3 rings (SSSR count). The summed E-state index contributed by atoms with van der Waals surface area (Å²) in [6.07, 6.45) is 0.982. The minimum absolute atomic E-state index is 0.0233. The molecule has 0 bridgehead atoms. The molecule has 0 unspecified atom stereocenters. The fourth-order valence-corrected chi connectivity index (χ4v) is 2.82. The lowest BCUT2D eigenvalue weighted by atomic mass is 9.95. The second-order valence-corrected chi connectivity index (χ2v) is 6.16. The van der Waals surface area contributed by atoms with Gasteiger partial charge < -0.3 is 10.4 Å². The van der Waals surface area contributed by atoms with Crippen LogP contribution in [-0.2, 0) is 10.2 Å². The molecule has 0 radical (unpaired) electrons. The van der Waals surface area contributed by atoms with Gasteiger partial charge in [0.15, 0.2) is 0 Å². The van der Waals surface area contributed by atoms with Crippen LogP contribution in [0, 0.1) is 0 Å². The summed E-state index contributed by atoms with van der Waals surface area (Å²) in [6.45, 7) is 0.220. The largest absolute Gasteiger partial charge is 0.387 e. The fourth-order valence-electron chi connectivity index (χ4n) is 2.69. The molecule has 3 nitrogen and oxygen atoms in total. The Bertz CT molecular complexity index is 651. The van der Waals surface area contributed by atoms with Crippen LogP contribution in [0.1, 0.15) is 30.1 Å². The van der Waals surface area contributed by atoms with Gasteiger partial charge in [-0.2, -0.15) is 0 Å². The van der Waals surface area contributed by atoms with E-state index in [9.17, 15) is 9.90 Å². The molecular weight excluding hydrogens is 298 g/mol. The number of hydrogen-bond acceptors (Lipinski definition) is 2. The van der Waals surface area contributed by atoms with E-state index >= 15 is 0 Å². The van der Waals surface area contributed by atoms with Gasteiger partial charge in [-0.25, -0.2) is 0 Å². The minimum Gasteiger partial charge on any atom is -0.387 e. The van der Waals surface area contributed by atoms with E-state index in [0.29, 0.717) is 5.02 Å². The molecule has 4 heteroatoms. The Kier molecular flexibility index (Phi) is 4.19. The van der Waals surface area contributed by atoms with E-state index in [1.807, 2.05) is 54.6 Å². The summed E-state index contributed by atoms with van der Waals surface area (Å²) in [5.74, 6) is -0.0233. The first-order valence-electron chi connectivity index (χ1n) is 7.39. The zero-order valence-electron chi connectivity index (χ0n) is 12.1. The number of nitrogens with one attached hydrogen (secondary N) is 1. The van der Waals surface area contributed by atoms with Gasteiger partial charge in [0.1, 0.15) is 0 Å². The first-order chi connectivity index (χ1) is 10.6. The van der Waals surface area contributed by atoms with Crippen molar-refractivity contribution in [3.05, 3.63) is 70.7 Å². The average Bonchev–Trinajstić information content (AvgIpc) is 3.35. The third kappa shape index (κ3) is 3.01. The van der Waals surface area contributed by atoms with Crippen molar-refractivity contribution in [2.24, 2.45) is 0 Å². The molecule has 0 heterocycles. The van der Waals surface area contributed by atoms with Crippen LogP contribution in [0.5, 0.6) is 0 Å². The molecular formula is C18H18ClNO2. The van der Waals surface area contributed by atoms with Crippen molar-refractivity contribution in [1.82, 2.24) is 5.32 Å². The zero-order chi connectivity index (χ0) is 15.6. The summed E-state index contributed by atoms with van der Waals surface area (Å²) in [7, 11) is 0. The van der Waals surface area contributed by atoms with Crippen LogP contribution in [0.4, 0.5) is 0 Å². The first kappa shape index (κ1) is 15.1. The van der Waals surface area contributed by atoms with Gasteiger partial charge in [-0.1, -0.05) is 54.1 Å². The van der Waals surface area contributed by atoms with Gasteiger partial charge in [-0.3, -0.25) is 4.79 Å². The average molecular weight is 316 g/mol. The molecule has 2 N–H and O–H groups in total. The summed E-state index contributed by atoms with van der Waals surface area (Å²) in [5.41, 5.74) is 1.35. The Morgan fingerprint density at radius 1 is 1.14 bits per heavy atom. The number of carbonyl (C=O) groups excluding carboxylic acids is 1. The van der Waals surface area contributed by atoms with Crippen molar-refractivity contribution in [3.8, 4) is 0 Å². The lowest BCUT2D eigenvalue weighted by Gasteiger charge is -2.18. The number of rotatable bonds is 5. The van der Waals surface area contributed by atoms with Gasteiger partial charge in [-0.05, 0) is 36.1 Å². The molecule has 0 spiro atoms. The molecule has 1 saturated carbocycles. The number of hydrogen-bond donors (Lipinski definition) is 2. The highest BCUT2D eigenvalue weighted by atomic mass is 35.5. The molecule has 0 aromatic heterocycles. The summed E-state index contributed by atoms with van der Waals surface area (Å²) < 4.78 is 0. The first-order valence-corrected chi connectivity index (χ1v) is 7.77. The van der Waals surface area contributed by atoms with Crippen LogP contribution >= 0.6 is 11.6 Å². The fraction of sp³-hybridized carbons (Fsp3) is 0.278. The van der Waals surface area contributed by atoms with Crippen LogP contribution in [0.15, 0.2) is 54.6 Å². The third-order valence-corrected chi connectivity index (χ3v) is 4.47. The highest BCUT2D eigenvalue weighted by Crippen LogP contribution is 2.48. The molecule has 2 aromatic carbocycles. The third-order valence-electron chi connectivity index (χ3n) is 4.22. The normalized spacial score (nSPS) is 16.8. The van der Waals surface area contributed by atoms with Gasteiger partial charge in [0, 0.05) is 11.6 Å². The predicted octanol–water partition coefficient (Wildman–Crippen LogP) is 3.22. The second kappa shape index (κ2) is 6.11. The summed E-state index contributed by atoms with van der Waals surface area (Å²) in [6, 6.07) is 16.8. The number of aliphatic hydroxyl groups excluding tert-OH is 1. The minimum atomic E-state index is -0.689. The van der Waals surface area contributed by atoms with Crippen molar-refractivity contribution in [2.75, 3.05) is 6.54 Å². The van der Waals surface area contributed by atoms with E-state index in [1.54, 1.807) is 0 Å². The number of aliphatic hydroxyl groups is 1. The monoisotopic (exact) mass is 315 g/mol. The molecule has 0 saturated heterocycles. The molecule has 0 aliphatic heterocycles. The topological polar surface area (TPSA) is 49.3 Å². The smallest absolute Gasteiger partial charge is 0.230 e. The number of amides is 1. The molecule has 1 fully saturated rings. The van der Waals surface area contributed by atoms with Crippen LogP contribution in [0.25, 0.3) is 0 Å². The Morgan fingerprint density at radius 3 is 2.36 bits per heavy atom. The molecule has 1 aliphatic carbocycles. The standard InChI is InChI=1S/C18H18ClNO2/c19-15-8-6-14(7-9-15)18(10-11-18)17(22)20-12-16(21)13-4-2-1-3-5-13/h1-9,16,21H,10-12H2,(H,20,22)/t16-/m1/s1. The van der Waals surface area contributed by atoms with Gasteiger partial charge in [0.25, 0.3) is 0 Å². The second-order valence-electron chi connectivity index (χ2n) is 5.73. The Hall–Kier alpha value is -1.84. The maximum Gasteiger partial charge on any atom is 0.230 e. The predicted molar refractivity (Wildman–Crippen MR) is 86.8 cm³/mol. The molecule has 1 aliphatic rings. The van der Waals surface area contributed by atoms with E-state index in [1.165, 1.54) is 0 Å². The molecule has 1 amide bonds. The maximum atomic E-state index is 12.5. The molecule has 1 atom stereocenters. The molecule has 114 valence electrons. The summed E-state index contributed by atoms with van der Waals surface area (Å²) >= 11 is 5.90. The van der Waals surface area contributed by atoms with Gasteiger partial charge >= 0.3 is 0 Å². The zero-order valence-corrected chi connectivity index (χ0v) is 12.9. The Morgan fingerprint density at radius 2 is 1.77 bits per heavy atom. The summed E-state index contributed by atoms with van der Waals surface area (Å²) in [4.78, 5) is 12.5. The maximum absolute atomic E-state index is 12.5. The van der Waals surface area contributed by atoms with Crippen molar-refractivity contribution in [1.29, 1.82) is 0 Å².